The molecule has 3 heteroatoms. The number of carbonyl (C=O) groups is 1. The van der Waals surface area contributed by atoms with Crippen LogP contribution in [0, 0.1) is 0 Å². The zero-order chi connectivity index (χ0) is 18.6. The Hall–Kier alpha value is -2.29. The van der Waals surface area contributed by atoms with E-state index < -0.39 is 0 Å². The van der Waals surface area contributed by atoms with Crippen molar-refractivity contribution in [1.82, 2.24) is 5.32 Å². The van der Waals surface area contributed by atoms with Crippen LogP contribution in [0.15, 0.2) is 48.5 Å². The first-order valence-corrected chi connectivity index (χ1v) is 8.85. The summed E-state index contributed by atoms with van der Waals surface area (Å²) in [5.74, 6) is 0.494. The largest absolute Gasteiger partial charge is 0.490 e. The molecule has 0 bridgehead atoms. The lowest BCUT2D eigenvalue weighted by Gasteiger charge is -2.21. The molecule has 0 fully saturated rings. The third-order valence-electron chi connectivity index (χ3n) is 4.12. The summed E-state index contributed by atoms with van der Waals surface area (Å²) in [6.45, 7) is 12.5. The van der Waals surface area contributed by atoms with Crippen LogP contribution in [0.3, 0.4) is 0 Å². The molecule has 0 aliphatic carbocycles. The zero-order valence-corrected chi connectivity index (χ0v) is 16.1. The first kappa shape index (κ1) is 19.0. The lowest BCUT2D eigenvalue weighted by molar-refractivity contribution is 0.0934. The van der Waals surface area contributed by atoms with Crippen LogP contribution in [0.25, 0.3) is 0 Å². The van der Waals surface area contributed by atoms with Crippen molar-refractivity contribution >= 4 is 5.91 Å². The summed E-state index contributed by atoms with van der Waals surface area (Å²) in [4.78, 5) is 12.7. The molecular formula is C22H29NO2. The van der Waals surface area contributed by atoms with Gasteiger partial charge in [0.25, 0.3) is 5.91 Å². The fraction of sp³-hybridized carbons (Fsp3) is 0.409. The van der Waals surface area contributed by atoms with Gasteiger partial charge in [-0.1, -0.05) is 57.2 Å². The molecule has 1 atom stereocenters. The molecule has 1 N–H and O–H groups in total. The van der Waals surface area contributed by atoms with Gasteiger partial charge in [0.05, 0.1) is 17.7 Å². The molecule has 2 aromatic carbocycles. The van der Waals surface area contributed by atoms with Crippen molar-refractivity contribution in [2.75, 3.05) is 0 Å². The molecule has 25 heavy (non-hydrogen) atoms. The van der Waals surface area contributed by atoms with E-state index >= 15 is 0 Å². The van der Waals surface area contributed by atoms with Gasteiger partial charge >= 0.3 is 0 Å². The van der Waals surface area contributed by atoms with Gasteiger partial charge in [0, 0.05) is 0 Å². The number of ether oxygens (including phenoxy) is 1. The minimum absolute atomic E-state index is 0.0244. The normalized spacial score (nSPS) is 12.8. The van der Waals surface area contributed by atoms with Crippen LogP contribution in [0.1, 0.15) is 69.1 Å². The molecule has 0 aliphatic rings. The van der Waals surface area contributed by atoms with Gasteiger partial charge in [0.15, 0.2) is 0 Å². The Morgan fingerprint density at radius 3 is 2.12 bits per heavy atom. The van der Waals surface area contributed by atoms with Crippen LogP contribution >= 0.6 is 0 Å². The number of hydrogen-bond donors (Lipinski definition) is 1. The van der Waals surface area contributed by atoms with E-state index in [-0.39, 0.29) is 23.5 Å². The SMILES string of the molecule is CC(C)Oc1ccccc1C(=O)NC(C)c1ccc(C(C)(C)C)cc1. The van der Waals surface area contributed by atoms with Crippen molar-refractivity contribution in [2.24, 2.45) is 0 Å². The second kappa shape index (κ2) is 7.73. The third-order valence-corrected chi connectivity index (χ3v) is 4.12. The molecule has 134 valence electrons. The highest BCUT2D eigenvalue weighted by Crippen LogP contribution is 2.25. The fourth-order valence-electron chi connectivity index (χ4n) is 2.64. The Balaban J connectivity index is 2.13. The number of benzene rings is 2. The molecule has 0 saturated heterocycles. The van der Waals surface area contributed by atoms with E-state index in [1.807, 2.05) is 39.0 Å². The summed E-state index contributed by atoms with van der Waals surface area (Å²) >= 11 is 0. The maximum atomic E-state index is 12.7. The van der Waals surface area contributed by atoms with Gasteiger partial charge in [-0.2, -0.15) is 0 Å². The molecule has 1 unspecified atom stereocenters. The van der Waals surface area contributed by atoms with Crippen LogP contribution in [-0.2, 0) is 5.41 Å². The minimum atomic E-state index is -0.122. The average molecular weight is 339 g/mol. The highest BCUT2D eigenvalue weighted by molar-refractivity contribution is 5.97. The van der Waals surface area contributed by atoms with E-state index in [2.05, 4.69) is 50.4 Å². The summed E-state index contributed by atoms with van der Waals surface area (Å²) in [6, 6.07) is 15.7. The lowest BCUT2D eigenvalue weighted by atomic mass is 9.86. The molecule has 0 saturated carbocycles. The van der Waals surface area contributed by atoms with Gasteiger partial charge in [-0.25, -0.2) is 0 Å². The average Bonchev–Trinajstić information content (AvgIpc) is 2.54. The van der Waals surface area contributed by atoms with Crippen LogP contribution in [0.5, 0.6) is 5.75 Å². The molecule has 0 spiro atoms. The van der Waals surface area contributed by atoms with Gasteiger partial charge in [-0.3, -0.25) is 4.79 Å². The zero-order valence-electron chi connectivity index (χ0n) is 16.1. The summed E-state index contributed by atoms with van der Waals surface area (Å²) in [6.07, 6.45) is 0.0244. The smallest absolute Gasteiger partial charge is 0.255 e. The Kier molecular flexibility index (Phi) is 5.89. The predicted molar refractivity (Wildman–Crippen MR) is 103 cm³/mol. The number of para-hydroxylation sites is 1. The molecule has 1 amide bonds. The van der Waals surface area contributed by atoms with E-state index in [4.69, 9.17) is 4.74 Å². The molecule has 2 aromatic rings. The van der Waals surface area contributed by atoms with Crippen molar-refractivity contribution in [2.45, 2.75) is 59.1 Å². The molecule has 0 aliphatic heterocycles. The molecule has 0 radical (unpaired) electrons. The van der Waals surface area contributed by atoms with Crippen molar-refractivity contribution in [1.29, 1.82) is 0 Å². The summed E-state index contributed by atoms with van der Waals surface area (Å²) in [5, 5.41) is 3.07. The quantitative estimate of drug-likeness (QED) is 0.806. The van der Waals surface area contributed by atoms with Crippen LogP contribution in [-0.4, -0.2) is 12.0 Å². The Labute approximate surface area is 151 Å². The molecule has 3 nitrogen and oxygen atoms in total. The third kappa shape index (κ3) is 5.09. The Morgan fingerprint density at radius 1 is 0.960 bits per heavy atom. The predicted octanol–water partition coefficient (Wildman–Crippen LogP) is 5.26. The van der Waals surface area contributed by atoms with E-state index in [1.165, 1.54) is 5.56 Å². The monoisotopic (exact) mass is 339 g/mol. The van der Waals surface area contributed by atoms with Crippen LogP contribution in [0.4, 0.5) is 0 Å². The second-order valence-corrected chi connectivity index (χ2v) is 7.73. The molecule has 0 aromatic heterocycles. The summed E-state index contributed by atoms with van der Waals surface area (Å²) in [7, 11) is 0. The Morgan fingerprint density at radius 2 is 1.56 bits per heavy atom. The summed E-state index contributed by atoms with van der Waals surface area (Å²) in [5.41, 5.74) is 3.06. The lowest BCUT2D eigenvalue weighted by Crippen LogP contribution is -2.27. The van der Waals surface area contributed by atoms with E-state index in [1.54, 1.807) is 6.07 Å². The van der Waals surface area contributed by atoms with Crippen molar-refractivity contribution in [3.63, 3.8) is 0 Å². The number of carbonyl (C=O) groups excluding carboxylic acids is 1. The van der Waals surface area contributed by atoms with Gasteiger partial charge in [-0.05, 0) is 49.4 Å². The molecular weight excluding hydrogens is 310 g/mol. The maximum absolute atomic E-state index is 12.7. The topological polar surface area (TPSA) is 38.3 Å². The van der Waals surface area contributed by atoms with Gasteiger partial charge in [-0.15, -0.1) is 0 Å². The highest BCUT2D eigenvalue weighted by Gasteiger charge is 2.17. The van der Waals surface area contributed by atoms with E-state index in [0.29, 0.717) is 11.3 Å². The van der Waals surface area contributed by atoms with Crippen molar-refractivity contribution in [3.8, 4) is 5.75 Å². The van der Waals surface area contributed by atoms with Gasteiger partial charge in [0.1, 0.15) is 5.75 Å². The number of rotatable bonds is 5. The minimum Gasteiger partial charge on any atom is -0.490 e. The molecule has 0 heterocycles. The van der Waals surface area contributed by atoms with E-state index in [0.717, 1.165) is 5.56 Å². The van der Waals surface area contributed by atoms with Crippen molar-refractivity contribution in [3.05, 3.63) is 65.2 Å². The first-order chi connectivity index (χ1) is 11.7. The Bertz CT molecular complexity index is 712. The molecule has 2 rings (SSSR count). The standard InChI is InChI=1S/C22H29NO2/c1-15(2)25-20-10-8-7-9-19(20)21(24)23-16(3)17-11-13-18(14-12-17)22(4,5)6/h7-16H,1-6H3,(H,23,24). The van der Waals surface area contributed by atoms with Crippen LogP contribution < -0.4 is 10.1 Å². The number of nitrogens with one attached hydrogen (secondary N) is 1. The number of hydrogen-bond acceptors (Lipinski definition) is 2. The van der Waals surface area contributed by atoms with Crippen LogP contribution in [0.2, 0.25) is 0 Å². The van der Waals surface area contributed by atoms with Gasteiger partial charge < -0.3 is 10.1 Å². The number of amides is 1. The maximum Gasteiger partial charge on any atom is 0.255 e. The second-order valence-electron chi connectivity index (χ2n) is 7.73. The van der Waals surface area contributed by atoms with Gasteiger partial charge in [0.2, 0.25) is 0 Å². The fourth-order valence-corrected chi connectivity index (χ4v) is 2.64. The summed E-state index contributed by atoms with van der Waals surface area (Å²) < 4.78 is 5.75. The first-order valence-electron chi connectivity index (χ1n) is 8.85. The van der Waals surface area contributed by atoms with E-state index in [9.17, 15) is 4.79 Å². The highest BCUT2D eigenvalue weighted by atomic mass is 16.5. The van der Waals surface area contributed by atoms with Crippen molar-refractivity contribution < 1.29 is 9.53 Å².